The Balaban J connectivity index is 0.000000235. The molecule has 6 amide bonds. The summed E-state index contributed by atoms with van der Waals surface area (Å²) in [6.45, 7) is 15.5. The standard InChI is InChI=1S/C38H50N6O5.C32H45N3O4S/c1-38(2,3)43-37(49)32-20-26-14-7-8-15-27(26)22-44(32)23-33(45)30(19-24-11-5-4-6-12-24)41-36(48)31(21-34(39)46)42-35(47)29-18-17-25-13-9-10-16-28(25)40-29;1-21-25(15-10-16-28(21)36)30(38)33-26(20-40-24-13-6-5-7-14-24)29(37)19-35-18-23-12-9-8-11-22(23)17-27(35)31(39)34-32(2,3)4/h4-6,9-13,16-18,26-27,30-33,45H,7-8,14-15,19-23H2,1-3H3,(H2,39,46)(H,41,48)(H,42,47)(H,43,49);5-7,10,13-16,22-23,26-27,29,36-37H,8-9,11-12,17-20H2,1-4H3,(H,33,38)(H,34,39)/t26-,27+,30-,31-,32-,33+;22-,23+,26-,27-,29+/m00/s1. The third-order valence-electron chi connectivity index (χ3n) is 17.9. The number of hydrogen-bond acceptors (Lipinski definition) is 13. The van der Waals surface area contributed by atoms with Crippen molar-refractivity contribution < 1.29 is 44.1 Å². The molecule has 0 unspecified atom stereocenters. The summed E-state index contributed by atoms with van der Waals surface area (Å²) in [4.78, 5) is 89.3. The summed E-state index contributed by atoms with van der Waals surface area (Å²) in [5, 5.41) is 49.4. The topological polar surface area (TPSA) is 269 Å². The van der Waals surface area contributed by atoms with E-state index in [1.165, 1.54) is 19.3 Å². The van der Waals surface area contributed by atoms with Gasteiger partial charge in [0.1, 0.15) is 17.5 Å². The summed E-state index contributed by atoms with van der Waals surface area (Å²) in [5.41, 5.74) is 7.25. The summed E-state index contributed by atoms with van der Waals surface area (Å²) in [5.74, 6) is 0.0769. The van der Waals surface area contributed by atoms with Crippen molar-refractivity contribution in [1.29, 1.82) is 0 Å². The number of nitrogens with one attached hydrogen (secondary N) is 5. The van der Waals surface area contributed by atoms with Crippen molar-refractivity contribution in [3.05, 3.63) is 138 Å². The molecule has 5 aromatic rings. The van der Waals surface area contributed by atoms with Gasteiger partial charge < -0.3 is 47.6 Å². The molecular weight excluding hydrogens is 1140 g/mol. The number of phenolic OH excluding ortho intramolecular Hbond substituents is 1. The summed E-state index contributed by atoms with van der Waals surface area (Å²) in [6.07, 6.45) is 8.70. The third kappa shape index (κ3) is 19.8. The van der Waals surface area contributed by atoms with Crippen LogP contribution in [0.3, 0.4) is 0 Å². The van der Waals surface area contributed by atoms with Crippen LogP contribution in [0.5, 0.6) is 5.75 Å². The Morgan fingerprint density at radius 2 is 1.15 bits per heavy atom. The molecule has 10 N–H and O–H groups in total. The molecule has 11 atom stereocenters. The highest BCUT2D eigenvalue weighted by atomic mass is 32.2. The molecular formula is C70H95N9O9S. The second kappa shape index (κ2) is 31.2. The Morgan fingerprint density at radius 1 is 0.618 bits per heavy atom. The van der Waals surface area contributed by atoms with Crippen LogP contribution < -0.4 is 32.3 Å². The highest BCUT2D eigenvalue weighted by Crippen LogP contribution is 2.41. The SMILES string of the molecule is CC(C)(C)NC(=O)[C@@H]1C[C@@H]2CCCC[C@@H]2CN1C[C@@H](O)[C@H](Cc1ccccc1)NC(=O)[C@H](CC(N)=O)NC(=O)c1ccc2ccccc2n1.Cc1c(O)cccc1C(=O)N[C@@H](CSc1ccccc1)[C@H](O)CN1C[C@H]2CCCC[C@H]2C[C@H]1C(=O)NC(C)(C)C. The number of pyridine rings is 1. The number of β-amino-alcohol motifs (C(OH)–C–C–N with tert-alkyl or cyclic N) is 2. The maximum atomic E-state index is 13.8. The van der Waals surface area contributed by atoms with E-state index < -0.39 is 66.1 Å². The number of aromatic hydroxyl groups is 1. The minimum absolute atomic E-state index is 0.0124. The fourth-order valence-electron chi connectivity index (χ4n) is 13.3. The van der Waals surface area contributed by atoms with Crippen LogP contribution >= 0.6 is 11.8 Å². The summed E-state index contributed by atoms with van der Waals surface area (Å²) in [6, 6.07) is 31.6. The van der Waals surface area contributed by atoms with Gasteiger partial charge in [0.05, 0.1) is 48.3 Å². The van der Waals surface area contributed by atoms with Gasteiger partial charge in [0, 0.05) is 64.4 Å². The molecule has 480 valence electrons. The molecule has 89 heavy (non-hydrogen) atoms. The average molecular weight is 1240 g/mol. The lowest BCUT2D eigenvalue weighted by molar-refractivity contribution is -0.133. The van der Waals surface area contributed by atoms with Crippen molar-refractivity contribution in [2.75, 3.05) is 31.9 Å². The van der Waals surface area contributed by atoms with Crippen LogP contribution in [0.15, 0.2) is 120 Å². The van der Waals surface area contributed by atoms with Crippen LogP contribution in [0.1, 0.15) is 144 Å². The van der Waals surface area contributed by atoms with Crippen LogP contribution in [0.25, 0.3) is 10.9 Å². The maximum Gasteiger partial charge on any atom is 0.270 e. The molecule has 9 rings (SSSR count). The number of fused-ring (bicyclic) bond motifs is 3. The number of nitrogens with two attached hydrogens (primary N) is 1. The first-order valence-electron chi connectivity index (χ1n) is 31.9. The zero-order valence-corrected chi connectivity index (χ0v) is 53.8. The number of carbonyl (C=O) groups excluding carboxylic acids is 6. The van der Waals surface area contributed by atoms with Crippen LogP contribution in [0.2, 0.25) is 0 Å². The molecule has 4 aromatic carbocycles. The van der Waals surface area contributed by atoms with Crippen molar-refractivity contribution in [2.24, 2.45) is 29.4 Å². The van der Waals surface area contributed by atoms with E-state index in [0.29, 0.717) is 59.2 Å². The first kappa shape index (κ1) is 68.0. The van der Waals surface area contributed by atoms with Crippen molar-refractivity contribution in [3.63, 3.8) is 0 Å². The number of para-hydroxylation sites is 1. The number of amides is 6. The van der Waals surface area contributed by atoms with E-state index in [-0.39, 0.29) is 53.7 Å². The molecule has 19 heteroatoms. The van der Waals surface area contributed by atoms with E-state index in [9.17, 15) is 44.1 Å². The molecule has 2 aliphatic heterocycles. The zero-order chi connectivity index (χ0) is 64.0. The first-order valence-corrected chi connectivity index (χ1v) is 32.9. The van der Waals surface area contributed by atoms with Gasteiger partial charge in [-0.3, -0.25) is 38.6 Å². The van der Waals surface area contributed by atoms with E-state index in [1.807, 2.05) is 120 Å². The molecule has 0 radical (unpaired) electrons. The number of aromatic nitrogens is 1. The van der Waals surface area contributed by atoms with E-state index in [0.717, 1.165) is 67.3 Å². The predicted molar refractivity (Wildman–Crippen MR) is 349 cm³/mol. The number of aliphatic hydroxyl groups is 2. The number of rotatable bonds is 21. The minimum Gasteiger partial charge on any atom is -0.508 e. The smallest absolute Gasteiger partial charge is 0.270 e. The molecule has 4 aliphatic rings. The number of primary amides is 1. The van der Waals surface area contributed by atoms with Crippen LogP contribution in [0.4, 0.5) is 0 Å². The van der Waals surface area contributed by atoms with Gasteiger partial charge in [0.2, 0.25) is 23.6 Å². The minimum atomic E-state index is -1.30. The molecule has 3 heterocycles. The predicted octanol–water partition coefficient (Wildman–Crippen LogP) is 7.84. The normalized spacial score (nSPS) is 22.2. The maximum absolute atomic E-state index is 13.8. The molecule has 18 nitrogen and oxygen atoms in total. The largest absolute Gasteiger partial charge is 0.508 e. The number of likely N-dealkylation sites (tertiary alicyclic amines) is 2. The lowest BCUT2D eigenvalue weighted by Crippen LogP contribution is -2.61. The fraction of sp³-hybridized carbons (Fsp3) is 0.529. The molecule has 0 spiro atoms. The molecule has 1 aromatic heterocycles. The molecule has 4 fully saturated rings. The van der Waals surface area contributed by atoms with Gasteiger partial charge in [-0.05, 0) is 146 Å². The fourth-order valence-corrected chi connectivity index (χ4v) is 14.4. The Bertz CT molecular complexity index is 3200. The van der Waals surface area contributed by atoms with Crippen molar-refractivity contribution >= 4 is 58.1 Å². The van der Waals surface area contributed by atoms with Crippen LogP contribution in [-0.4, -0.2) is 151 Å². The van der Waals surface area contributed by atoms with Gasteiger partial charge in [0.25, 0.3) is 11.8 Å². The van der Waals surface area contributed by atoms with Gasteiger partial charge in [-0.1, -0.05) is 117 Å². The van der Waals surface area contributed by atoms with Gasteiger partial charge >= 0.3 is 0 Å². The van der Waals surface area contributed by atoms with E-state index >= 15 is 0 Å². The Kier molecular flexibility index (Phi) is 23.9. The number of hydrogen-bond donors (Lipinski definition) is 9. The summed E-state index contributed by atoms with van der Waals surface area (Å²) >= 11 is 1.57. The lowest BCUT2D eigenvalue weighted by atomic mass is 9.72. The third-order valence-corrected chi connectivity index (χ3v) is 19.0. The van der Waals surface area contributed by atoms with E-state index in [1.54, 1.807) is 55.1 Å². The summed E-state index contributed by atoms with van der Waals surface area (Å²) < 4.78 is 0. The molecule has 0 bridgehead atoms. The number of benzene rings is 4. The second-order valence-corrected chi connectivity index (χ2v) is 28.3. The van der Waals surface area contributed by atoms with Crippen molar-refractivity contribution in [2.45, 2.75) is 184 Å². The van der Waals surface area contributed by atoms with Gasteiger partial charge in [-0.25, -0.2) is 4.98 Å². The number of thioether (sulfide) groups is 1. The first-order chi connectivity index (χ1) is 42.4. The highest BCUT2D eigenvalue weighted by Gasteiger charge is 2.44. The van der Waals surface area contributed by atoms with E-state index in [2.05, 4.69) is 41.4 Å². The highest BCUT2D eigenvalue weighted by molar-refractivity contribution is 7.99. The Labute approximate surface area is 529 Å². The number of aliphatic hydroxyl groups excluding tert-OH is 2. The van der Waals surface area contributed by atoms with Crippen LogP contribution in [-0.2, 0) is 25.6 Å². The Morgan fingerprint density at radius 3 is 1.71 bits per heavy atom. The average Bonchev–Trinajstić information content (AvgIpc) is 2.92. The van der Waals surface area contributed by atoms with E-state index in [4.69, 9.17) is 5.73 Å². The number of nitrogens with zero attached hydrogens (tertiary/aromatic N) is 3. The molecule has 2 saturated carbocycles. The van der Waals surface area contributed by atoms with Gasteiger partial charge in [-0.2, -0.15) is 0 Å². The second-order valence-electron chi connectivity index (χ2n) is 27.2. The lowest BCUT2D eigenvalue weighted by Gasteiger charge is -2.47. The zero-order valence-electron chi connectivity index (χ0n) is 53.0. The van der Waals surface area contributed by atoms with Gasteiger partial charge in [0.15, 0.2) is 0 Å². The number of phenols is 1. The van der Waals surface area contributed by atoms with Crippen molar-refractivity contribution in [3.8, 4) is 5.75 Å². The quantitative estimate of drug-likeness (QED) is 0.0317. The Hall–Kier alpha value is -6.90. The number of piperidine rings is 2. The monoisotopic (exact) mass is 1240 g/mol. The molecule has 2 saturated heterocycles. The number of carbonyl (C=O) groups is 6. The summed E-state index contributed by atoms with van der Waals surface area (Å²) in [7, 11) is 0. The molecule has 2 aliphatic carbocycles. The van der Waals surface area contributed by atoms with Crippen molar-refractivity contribution in [1.82, 2.24) is 41.4 Å². The van der Waals surface area contributed by atoms with Gasteiger partial charge in [-0.15, -0.1) is 11.8 Å². The van der Waals surface area contributed by atoms with Crippen LogP contribution in [0, 0.1) is 30.6 Å².